The van der Waals surface area contributed by atoms with Gasteiger partial charge >= 0.3 is 0 Å². The fraction of sp³-hybridized carbons (Fsp3) is 0.389. The molecule has 2 heterocycles. The number of aryl methyl sites for hydroxylation is 2. The van der Waals surface area contributed by atoms with Crippen molar-refractivity contribution in [3.63, 3.8) is 0 Å². The van der Waals surface area contributed by atoms with Gasteiger partial charge in [-0.15, -0.1) is 0 Å². The van der Waals surface area contributed by atoms with Crippen molar-refractivity contribution in [3.8, 4) is 0 Å². The molecule has 1 fully saturated rings. The first-order valence-electron chi connectivity index (χ1n) is 8.04. The number of carbonyl (C=O) groups is 1. The first-order valence-corrected chi connectivity index (χ1v) is 8.04. The largest absolute Gasteiger partial charge is 0.334 e. The van der Waals surface area contributed by atoms with Gasteiger partial charge in [0.05, 0.1) is 0 Å². The van der Waals surface area contributed by atoms with Crippen LogP contribution in [0.3, 0.4) is 0 Å². The summed E-state index contributed by atoms with van der Waals surface area (Å²) in [4.78, 5) is 26.0. The minimum absolute atomic E-state index is 0.0730. The van der Waals surface area contributed by atoms with Crippen molar-refractivity contribution in [1.82, 2.24) is 14.7 Å². The molecule has 1 unspecified atom stereocenters. The summed E-state index contributed by atoms with van der Waals surface area (Å²) in [6, 6.07) is 13.5. The third-order valence-electron chi connectivity index (χ3n) is 4.43. The first-order chi connectivity index (χ1) is 11.1. The highest BCUT2D eigenvalue weighted by Crippen LogP contribution is 2.23. The summed E-state index contributed by atoms with van der Waals surface area (Å²) in [5.41, 5.74) is 1.44. The van der Waals surface area contributed by atoms with E-state index in [0.717, 1.165) is 32.2 Å². The zero-order valence-electron chi connectivity index (χ0n) is 13.3. The van der Waals surface area contributed by atoms with Crippen LogP contribution in [-0.2, 0) is 13.5 Å². The van der Waals surface area contributed by atoms with Crippen LogP contribution in [0.5, 0.6) is 0 Å². The molecule has 5 nitrogen and oxygen atoms in total. The molecule has 1 aliphatic heterocycles. The monoisotopic (exact) mass is 311 g/mol. The van der Waals surface area contributed by atoms with E-state index in [1.165, 1.54) is 22.4 Å². The Bertz CT molecular complexity index is 739. The molecule has 0 bridgehead atoms. The molecule has 0 spiro atoms. The second-order valence-electron chi connectivity index (χ2n) is 6.00. The zero-order valence-corrected chi connectivity index (χ0v) is 13.3. The Morgan fingerprint density at radius 2 is 2.00 bits per heavy atom. The molecule has 1 saturated heterocycles. The number of rotatable bonds is 4. The number of benzene rings is 1. The highest BCUT2D eigenvalue weighted by Gasteiger charge is 2.29. The lowest BCUT2D eigenvalue weighted by molar-refractivity contribution is 0.0722. The maximum Gasteiger partial charge on any atom is 0.274 e. The Balaban J connectivity index is 1.69. The van der Waals surface area contributed by atoms with Gasteiger partial charge < -0.3 is 4.90 Å². The van der Waals surface area contributed by atoms with E-state index in [0.29, 0.717) is 5.69 Å². The van der Waals surface area contributed by atoms with Crippen molar-refractivity contribution in [3.05, 3.63) is 64.1 Å². The lowest BCUT2D eigenvalue weighted by Crippen LogP contribution is -2.37. The van der Waals surface area contributed by atoms with Crippen LogP contribution >= 0.6 is 0 Å². The molecule has 0 aliphatic carbocycles. The molecular formula is C18H21N3O2. The summed E-state index contributed by atoms with van der Waals surface area (Å²) in [5, 5.41) is 4.08. The first kappa shape index (κ1) is 15.5. The predicted molar refractivity (Wildman–Crippen MR) is 88.3 cm³/mol. The molecule has 1 atom stereocenters. The van der Waals surface area contributed by atoms with Crippen LogP contribution < -0.4 is 5.56 Å². The number of aromatic nitrogens is 2. The molecule has 0 radical (unpaired) electrons. The van der Waals surface area contributed by atoms with Gasteiger partial charge in [-0.3, -0.25) is 9.59 Å². The number of nitrogens with zero attached hydrogens (tertiary/aromatic N) is 3. The van der Waals surface area contributed by atoms with Crippen molar-refractivity contribution in [2.24, 2.45) is 7.05 Å². The SMILES string of the molecule is Cn1nc(C(=O)N2CCCC2CCc2ccccc2)ccc1=O. The summed E-state index contributed by atoms with van der Waals surface area (Å²) in [6.45, 7) is 0.767. The van der Waals surface area contributed by atoms with Crippen LogP contribution in [0.4, 0.5) is 0 Å². The van der Waals surface area contributed by atoms with Crippen molar-refractivity contribution >= 4 is 5.91 Å². The fourth-order valence-electron chi connectivity index (χ4n) is 3.14. The van der Waals surface area contributed by atoms with Gasteiger partial charge in [-0.05, 0) is 37.3 Å². The minimum atomic E-state index is -0.205. The second-order valence-corrected chi connectivity index (χ2v) is 6.00. The molecule has 3 rings (SSSR count). The van der Waals surface area contributed by atoms with Crippen LogP contribution in [0.2, 0.25) is 0 Å². The average Bonchev–Trinajstić information content (AvgIpc) is 3.04. The minimum Gasteiger partial charge on any atom is -0.334 e. The van der Waals surface area contributed by atoms with E-state index >= 15 is 0 Å². The molecule has 2 aromatic rings. The van der Waals surface area contributed by atoms with E-state index < -0.39 is 0 Å². The molecule has 1 amide bonds. The van der Waals surface area contributed by atoms with Crippen LogP contribution in [0.15, 0.2) is 47.3 Å². The summed E-state index contributed by atoms with van der Waals surface area (Å²) in [5.74, 6) is -0.0730. The van der Waals surface area contributed by atoms with Gasteiger partial charge in [0.2, 0.25) is 0 Å². The van der Waals surface area contributed by atoms with Gasteiger partial charge in [-0.2, -0.15) is 5.10 Å². The van der Waals surface area contributed by atoms with Gasteiger partial charge in [-0.1, -0.05) is 30.3 Å². The molecule has 1 aliphatic rings. The number of hydrogen-bond donors (Lipinski definition) is 0. The van der Waals surface area contributed by atoms with Gasteiger partial charge in [0.15, 0.2) is 0 Å². The van der Waals surface area contributed by atoms with E-state index in [4.69, 9.17) is 0 Å². The molecule has 1 aromatic carbocycles. The highest BCUT2D eigenvalue weighted by molar-refractivity contribution is 5.92. The Labute approximate surface area is 135 Å². The number of amides is 1. The summed E-state index contributed by atoms with van der Waals surface area (Å²) in [6.07, 6.45) is 3.98. The number of carbonyl (C=O) groups excluding carboxylic acids is 1. The fourth-order valence-corrected chi connectivity index (χ4v) is 3.14. The lowest BCUT2D eigenvalue weighted by Gasteiger charge is -2.24. The lowest BCUT2D eigenvalue weighted by atomic mass is 10.0. The molecular weight excluding hydrogens is 290 g/mol. The second kappa shape index (κ2) is 6.77. The quantitative estimate of drug-likeness (QED) is 0.868. The summed E-state index contributed by atoms with van der Waals surface area (Å²) < 4.78 is 1.21. The Hall–Kier alpha value is -2.43. The molecule has 0 saturated carbocycles. The Morgan fingerprint density at radius 3 is 2.74 bits per heavy atom. The van der Waals surface area contributed by atoms with E-state index in [9.17, 15) is 9.59 Å². The van der Waals surface area contributed by atoms with Crippen molar-refractivity contribution in [2.75, 3.05) is 6.54 Å². The number of hydrogen-bond acceptors (Lipinski definition) is 3. The smallest absolute Gasteiger partial charge is 0.274 e. The highest BCUT2D eigenvalue weighted by atomic mass is 16.2. The zero-order chi connectivity index (χ0) is 16.2. The van der Waals surface area contributed by atoms with E-state index in [-0.39, 0.29) is 17.5 Å². The molecule has 120 valence electrons. The molecule has 1 aromatic heterocycles. The molecule has 23 heavy (non-hydrogen) atoms. The third-order valence-corrected chi connectivity index (χ3v) is 4.43. The Kier molecular flexibility index (Phi) is 4.55. The van der Waals surface area contributed by atoms with Gasteiger partial charge in [-0.25, -0.2) is 4.68 Å². The summed E-state index contributed by atoms with van der Waals surface area (Å²) in [7, 11) is 1.57. The standard InChI is InChI=1S/C18H21N3O2/c1-20-17(22)12-11-16(19-20)18(23)21-13-5-8-15(21)10-9-14-6-3-2-4-7-14/h2-4,6-7,11-12,15H,5,8-10,13H2,1H3. The van der Waals surface area contributed by atoms with E-state index in [1.54, 1.807) is 7.05 Å². The van der Waals surface area contributed by atoms with Crippen molar-refractivity contribution in [1.29, 1.82) is 0 Å². The van der Waals surface area contributed by atoms with Crippen LogP contribution in [-0.4, -0.2) is 33.2 Å². The maximum atomic E-state index is 12.7. The topological polar surface area (TPSA) is 55.2 Å². The van der Waals surface area contributed by atoms with Crippen molar-refractivity contribution < 1.29 is 4.79 Å². The number of likely N-dealkylation sites (tertiary alicyclic amines) is 1. The van der Waals surface area contributed by atoms with Gasteiger partial charge in [0.1, 0.15) is 5.69 Å². The normalized spacial score (nSPS) is 17.4. The van der Waals surface area contributed by atoms with Gasteiger partial charge in [0, 0.05) is 25.7 Å². The molecule has 5 heteroatoms. The van der Waals surface area contributed by atoms with Gasteiger partial charge in [0.25, 0.3) is 11.5 Å². The Morgan fingerprint density at radius 1 is 1.22 bits per heavy atom. The van der Waals surface area contributed by atoms with E-state index in [2.05, 4.69) is 17.2 Å². The van der Waals surface area contributed by atoms with Crippen LogP contribution in [0.25, 0.3) is 0 Å². The summed E-state index contributed by atoms with van der Waals surface area (Å²) >= 11 is 0. The average molecular weight is 311 g/mol. The maximum absolute atomic E-state index is 12.7. The van der Waals surface area contributed by atoms with Crippen LogP contribution in [0, 0.1) is 0 Å². The molecule has 0 N–H and O–H groups in total. The predicted octanol–water partition coefficient (Wildman–Crippen LogP) is 2.02. The van der Waals surface area contributed by atoms with E-state index in [1.807, 2.05) is 23.1 Å². The third kappa shape index (κ3) is 3.50. The van der Waals surface area contributed by atoms with Crippen molar-refractivity contribution in [2.45, 2.75) is 31.7 Å². The van der Waals surface area contributed by atoms with Crippen LogP contribution in [0.1, 0.15) is 35.3 Å².